The lowest BCUT2D eigenvalue weighted by Gasteiger charge is -2.66. The Kier molecular flexibility index (Phi) is 5.56. The summed E-state index contributed by atoms with van der Waals surface area (Å²) in [5.41, 5.74) is 0.309. The molecule has 0 amide bonds. The van der Waals surface area contributed by atoms with Gasteiger partial charge in [-0.3, -0.25) is 0 Å². The molecule has 0 radical (unpaired) electrons. The number of aliphatic hydroxyl groups is 4. The molecule has 3 aliphatic carbocycles. The second-order valence-electron chi connectivity index (χ2n) is 15.0. The van der Waals surface area contributed by atoms with Gasteiger partial charge in [0.1, 0.15) is 23.9 Å². The summed E-state index contributed by atoms with van der Waals surface area (Å²) in [6.45, 7) is 11.5. The van der Waals surface area contributed by atoms with Gasteiger partial charge in [0, 0.05) is 33.8 Å². The van der Waals surface area contributed by atoms with E-state index in [9.17, 15) is 20.4 Å². The average Bonchev–Trinajstić information content (AvgIpc) is 3.43. The Labute approximate surface area is 241 Å². The second-order valence-corrected chi connectivity index (χ2v) is 16.0. The minimum atomic E-state index is -1.22. The monoisotopic (exact) mass is 573 g/mol. The van der Waals surface area contributed by atoms with Crippen LogP contribution in [-0.2, 0) is 27.7 Å². The molecule has 10 atom stereocenters. The van der Waals surface area contributed by atoms with Gasteiger partial charge in [-0.25, -0.2) is 0 Å². The van der Waals surface area contributed by atoms with E-state index >= 15 is 0 Å². The summed E-state index contributed by atoms with van der Waals surface area (Å²) in [4.78, 5) is 3.06. The highest BCUT2D eigenvalue weighted by Gasteiger charge is 2.86. The Morgan fingerprint density at radius 3 is 2.55 bits per heavy atom. The predicted octanol–water partition coefficient (Wildman–Crippen LogP) is 3.88. The Bertz CT molecular complexity index is 1380. The maximum absolute atomic E-state index is 12.9. The third-order valence-corrected chi connectivity index (χ3v) is 12.5. The van der Waals surface area contributed by atoms with Gasteiger partial charge in [0.2, 0.25) is 0 Å². The number of rotatable bonds is 4. The number of fused-ring (bicyclic) bond motifs is 7. The molecule has 1 spiro atoms. The van der Waals surface area contributed by atoms with E-state index in [-0.39, 0.29) is 11.5 Å². The number of hydrogen-bond acceptors (Lipinski definition) is 6. The predicted molar refractivity (Wildman–Crippen MR) is 153 cm³/mol. The number of benzene rings is 1. The molecule has 1 aromatic carbocycles. The number of ether oxygens (including phenoxy) is 2. The first-order chi connectivity index (χ1) is 18.5. The van der Waals surface area contributed by atoms with Crippen molar-refractivity contribution < 1.29 is 29.9 Å². The average molecular weight is 574 g/mol. The molecule has 1 aromatic heterocycles. The summed E-state index contributed by atoms with van der Waals surface area (Å²) in [7, 11) is 0. The molecule has 2 saturated heterocycles. The van der Waals surface area contributed by atoms with Crippen LogP contribution in [0.15, 0.2) is 18.2 Å². The van der Waals surface area contributed by atoms with Crippen LogP contribution in [0.4, 0.5) is 0 Å². The van der Waals surface area contributed by atoms with Gasteiger partial charge in [0.05, 0.1) is 22.7 Å². The first kappa shape index (κ1) is 27.6. The molecule has 0 bridgehead atoms. The van der Waals surface area contributed by atoms with Crippen molar-refractivity contribution in [1.82, 2.24) is 4.98 Å². The smallest absolute Gasteiger partial charge is 0.152 e. The van der Waals surface area contributed by atoms with Gasteiger partial charge >= 0.3 is 0 Å². The normalized spacial score (nSPS) is 44.8. The molecule has 4 fully saturated rings. The van der Waals surface area contributed by atoms with Crippen molar-refractivity contribution in [3.05, 3.63) is 35.0 Å². The lowest BCUT2D eigenvalue weighted by molar-refractivity contribution is -0.280. The summed E-state index contributed by atoms with van der Waals surface area (Å²) < 4.78 is 12.8. The van der Waals surface area contributed by atoms with E-state index in [1.807, 2.05) is 19.9 Å². The van der Waals surface area contributed by atoms with Crippen LogP contribution in [0.5, 0.6) is 0 Å². The summed E-state index contributed by atoms with van der Waals surface area (Å²) in [6, 6.07) is 6.22. The maximum Gasteiger partial charge on any atom is 0.152 e. The van der Waals surface area contributed by atoms with Crippen LogP contribution in [0, 0.1) is 11.3 Å². The number of H-pyrrole nitrogens is 1. The molecular formula is C32H44ClNO6. The standard InChI is InChI=1S/C32H44ClNO6/c1-27(2,33)20(35)14-16-8-7-9-19-22(16)18-15-17-10-13-31(38)29(5,30(17,6)24(18)34-19)12-11-21-32(31)26(40-32)23(36)25(39-21)28(3,4)37/h7-9,17,20-21,23,25-26,34-38H,10-15H2,1-6H3/t17-,20-,21-,23+,25-,26+,29+,30+,31-,32-/m0/s1. The molecule has 2 aliphatic heterocycles. The molecule has 5 N–H and O–H groups in total. The highest BCUT2D eigenvalue weighted by atomic mass is 35.5. The van der Waals surface area contributed by atoms with Crippen LogP contribution < -0.4 is 0 Å². The fourth-order valence-corrected chi connectivity index (χ4v) is 9.86. The molecule has 2 saturated carbocycles. The maximum atomic E-state index is 12.9. The minimum absolute atomic E-state index is 0.342. The Morgan fingerprint density at radius 1 is 1.15 bits per heavy atom. The van der Waals surface area contributed by atoms with Crippen molar-refractivity contribution in [3.63, 3.8) is 0 Å². The summed E-state index contributed by atoms with van der Waals surface area (Å²) >= 11 is 6.49. The van der Waals surface area contributed by atoms with Crippen LogP contribution in [0.1, 0.15) is 84.0 Å². The van der Waals surface area contributed by atoms with Gasteiger partial charge < -0.3 is 34.9 Å². The van der Waals surface area contributed by atoms with Gasteiger partial charge in [-0.2, -0.15) is 0 Å². The number of halogens is 1. The zero-order valence-corrected chi connectivity index (χ0v) is 25.2. The highest BCUT2D eigenvalue weighted by Crippen LogP contribution is 2.75. The highest BCUT2D eigenvalue weighted by molar-refractivity contribution is 6.23. The number of hydrogen-bond donors (Lipinski definition) is 5. The Morgan fingerprint density at radius 2 is 1.88 bits per heavy atom. The number of epoxide rings is 1. The van der Waals surface area contributed by atoms with Crippen LogP contribution in [-0.4, -0.2) is 77.6 Å². The molecule has 0 unspecified atom stereocenters. The van der Waals surface area contributed by atoms with Gasteiger partial charge in [-0.05, 0) is 82.9 Å². The van der Waals surface area contributed by atoms with Gasteiger partial charge in [0.25, 0.3) is 0 Å². The van der Waals surface area contributed by atoms with E-state index < -0.39 is 51.5 Å². The molecular weight excluding hydrogens is 530 g/mol. The van der Waals surface area contributed by atoms with Crippen LogP contribution in [0.3, 0.4) is 0 Å². The lowest BCUT2D eigenvalue weighted by Crippen LogP contribution is -2.76. The van der Waals surface area contributed by atoms with Crippen molar-refractivity contribution in [2.45, 2.75) is 138 Å². The van der Waals surface area contributed by atoms with E-state index in [4.69, 9.17) is 21.1 Å². The number of alkyl halides is 1. The van der Waals surface area contributed by atoms with Crippen molar-refractivity contribution in [3.8, 4) is 0 Å². The zero-order valence-electron chi connectivity index (χ0n) is 24.4. The summed E-state index contributed by atoms with van der Waals surface area (Å²) in [5.74, 6) is 0.342. The van der Waals surface area contributed by atoms with Crippen LogP contribution >= 0.6 is 11.6 Å². The Hall–Kier alpha value is -1.19. The SMILES string of the molecule is CC(C)(O)[C@H]1O[C@H]2CC[C@@]3(C)[C@@](O)(CC[C@H]4Cc5c([nH]c6cccc(C[C@H](O)C(C)(C)Cl)c56)[C@@]43C)[C@]23O[C@@H]3[C@@H]1O. The van der Waals surface area contributed by atoms with E-state index in [1.165, 1.54) is 16.6 Å². The number of aromatic nitrogens is 1. The third kappa shape index (κ3) is 3.13. The van der Waals surface area contributed by atoms with E-state index in [2.05, 4.69) is 31.0 Å². The van der Waals surface area contributed by atoms with E-state index in [1.54, 1.807) is 13.8 Å². The zero-order chi connectivity index (χ0) is 28.8. The van der Waals surface area contributed by atoms with Crippen molar-refractivity contribution in [2.75, 3.05) is 0 Å². The summed E-state index contributed by atoms with van der Waals surface area (Å²) in [5, 5.41) is 46.9. The fourth-order valence-electron chi connectivity index (χ4n) is 9.78. The van der Waals surface area contributed by atoms with Gasteiger partial charge in [-0.15, -0.1) is 11.6 Å². The van der Waals surface area contributed by atoms with Gasteiger partial charge in [-0.1, -0.05) is 26.0 Å². The molecule has 2 aromatic rings. The van der Waals surface area contributed by atoms with E-state index in [0.29, 0.717) is 25.2 Å². The minimum Gasteiger partial charge on any atom is -0.391 e. The second kappa shape index (κ2) is 8.04. The molecule has 7 nitrogen and oxygen atoms in total. The largest absolute Gasteiger partial charge is 0.391 e. The third-order valence-electron chi connectivity index (χ3n) is 12.3. The first-order valence-corrected chi connectivity index (χ1v) is 15.3. The number of aromatic amines is 1. The number of aliphatic hydroxyl groups excluding tert-OH is 2. The fraction of sp³-hybridized carbons (Fsp3) is 0.750. The molecule has 40 heavy (non-hydrogen) atoms. The van der Waals surface area contributed by atoms with Crippen molar-refractivity contribution >= 4 is 22.5 Å². The molecule has 8 heteroatoms. The quantitative estimate of drug-likeness (QED) is 0.280. The molecule has 220 valence electrons. The lowest BCUT2D eigenvalue weighted by atomic mass is 9.40. The van der Waals surface area contributed by atoms with E-state index in [0.717, 1.165) is 30.3 Å². The number of nitrogens with one attached hydrogen (secondary N) is 1. The van der Waals surface area contributed by atoms with Crippen LogP contribution in [0.25, 0.3) is 10.9 Å². The van der Waals surface area contributed by atoms with Crippen molar-refractivity contribution in [2.24, 2.45) is 11.3 Å². The molecule has 7 rings (SSSR count). The van der Waals surface area contributed by atoms with Crippen LogP contribution in [0.2, 0.25) is 0 Å². The summed E-state index contributed by atoms with van der Waals surface area (Å²) in [6.07, 6.45) is 0.815. The molecule has 5 aliphatic rings. The first-order valence-electron chi connectivity index (χ1n) is 15.0. The molecule has 3 heterocycles. The van der Waals surface area contributed by atoms with Gasteiger partial charge in [0.15, 0.2) is 5.60 Å². The van der Waals surface area contributed by atoms with Crippen molar-refractivity contribution in [1.29, 1.82) is 0 Å². The Balaban J connectivity index is 1.32. The topological polar surface area (TPSA) is 118 Å².